The van der Waals surface area contributed by atoms with E-state index in [1.807, 2.05) is 0 Å². The highest BCUT2D eigenvalue weighted by Gasteiger charge is 2.42. The van der Waals surface area contributed by atoms with Crippen molar-refractivity contribution in [1.82, 2.24) is 0 Å². The Balaban J connectivity index is 1.43. The summed E-state index contributed by atoms with van der Waals surface area (Å²) in [5.74, 6) is 0.332. The van der Waals surface area contributed by atoms with Gasteiger partial charge < -0.3 is 9.80 Å². The number of para-hydroxylation sites is 4. The van der Waals surface area contributed by atoms with Crippen LogP contribution < -0.4 is 9.80 Å². The summed E-state index contributed by atoms with van der Waals surface area (Å²) in [5.41, 5.74) is 14.0. The van der Waals surface area contributed by atoms with E-state index in [-0.39, 0.29) is 17.3 Å². The molecule has 0 N–H and O–H groups in total. The fraction of sp³-hybridized carbons (Fsp3) is 0.136. The highest BCUT2D eigenvalue weighted by atomic mass is 15.2. The fourth-order valence-electron chi connectivity index (χ4n) is 7.32. The first-order valence-corrected chi connectivity index (χ1v) is 16.3. The quantitative estimate of drug-likeness (QED) is 0.193. The zero-order valence-corrected chi connectivity index (χ0v) is 26.6. The van der Waals surface area contributed by atoms with Gasteiger partial charge in [0, 0.05) is 40.3 Å². The van der Waals surface area contributed by atoms with Gasteiger partial charge in [-0.05, 0) is 87.8 Å². The van der Waals surface area contributed by atoms with E-state index in [0.29, 0.717) is 0 Å². The summed E-state index contributed by atoms with van der Waals surface area (Å²) in [7, 11) is 0. The summed E-state index contributed by atoms with van der Waals surface area (Å²) in [6, 6.07) is 48.1. The predicted octanol–water partition coefficient (Wildman–Crippen LogP) is 11.6. The lowest BCUT2D eigenvalue weighted by atomic mass is 9.65. The number of rotatable bonds is 6. The van der Waals surface area contributed by atoms with E-state index in [1.54, 1.807) is 0 Å². The van der Waals surface area contributed by atoms with Crippen molar-refractivity contribution < 1.29 is 0 Å². The van der Waals surface area contributed by atoms with Crippen molar-refractivity contribution in [2.75, 3.05) is 9.80 Å². The van der Waals surface area contributed by atoms with Crippen molar-refractivity contribution in [2.45, 2.75) is 32.1 Å². The molecule has 3 aliphatic rings. The molecule has 5 aromatic rings. The predicted molar refractivity (Wildman–Crippen MR) is 195 cm³/mol. The van der Waals surface area contributed by atoms with E-state index in [9.17, 15) is 0 Å². The zero-order valence-electron chi connectivity index (χ0n) is 26.6. The molecule has 0 saturated heterocycles. The van der Waals surface area contributed by atoms with Crippen LogP contribution in [0.2, 0.25) is 0 Å². The Hall–Kier alpha value is -5.34. The highest BCUT2D eigenvalue weighted by Crippen LogP contribution is 2.55. The molecule has 2 nitrogen and oxygen atoms in total. The molecule has 8 rings (SSSR count). The standard InChI is InChI=1S/C44H38N2/c1-44(2,3)33-28-31-24-26-38-40(45(34-16-8-4-9-17-34)35-18-10-5-11-19-35)30-41(39-27-25-32(29-33)42(31)43(38)39)46(36-20-12-6-13-21-36)37-22-14-7-15-23-37/h4-30,38,43H,1-3H3. The van der Waals surface area contributed by atoms with E-state index < -0.39 is 0 Å². The van der Waals surface area contributed by atoms with Gasteiger partial charge in [-0.2, -0.15) is 0 Å². The Morgan fingerprint density at radius 3 is 1.46 bits per heavy atom. The molecule has 3 aliphatic carbocycles. The first-order valence-electron chi connectivity index (χ1n) is 16.3. The minimum Gasteiger partial charge on any atom is -0.314 e. The van der Waals surface area contributed by atoms with Crippen molar-refractivity contribution in [3.05, 3.63) is 191 Å². The normalized spacial score (nSPS) is 17.8. The average molecular weight is 595 g/mol. The summed E-state index contributed by atoms with van der Waals surface area (Å²) < 4.78 is 0. The molecule has 0 heterocycles. The van der Waals surface area contributed by atoms with Crippen LogP contribution in [-0.2, 0) is 5.41 Å². The minimum absolute atomic E-state index is 0.0673. The maximum atomic E-state index is 2.46. The molecule has 0 bridgehead atoms. The van der Waals surface area contributed by atoms with Gasteiger partial charge in [-0.3, -0.25) is 0 Å². The lowest BCUT2D eigenvalue weighted by Gasteiger charge is -2.45. The van der Waals surface area contributed by atoms with Crippen LogP contribution in [0.3, 0.4) is 0 Å². The Labute approximate surface area is 273 Å². The van der Waals surface area contributed by atoms with Crippen LogP contribution >= 0.6 is 0 Å². The number of hydrogen-bond donors (Lipinski definition) is 0. The SMILES string of the molecule is CC(C)(C)c1cc2c3c(c1)C=CC1C(N(c4ccccc4)c4ccccc4)=CC(N(c4ccccc4)c4ccccc4)=C(C=C2)C31. The zero-order chi connectivity index (χ0) is 31.3. The molecule has 0 amide bonds. The molecule has 0 fully saturated rings. The molecule has 0 aliphatic heterocycles. The van der Waals surface area contributed by atoms with Gasteiger partial charge in [0.1, 0.15) is 0 Å². The van der Waals surface area contributed by atoms with Crippen LogP contribution in [0.4, 0.5) is 22.7 Å². The second kappa shape index (κ2) is 11.2. The van der Waals surface area contributed by atoms with Crippen molar-refractivity contribution in [2.24, 2.45) is 5.92 Å². The molecule has 0 saturated carbocycles. The fourth-order valence-corrected chi connectivity index (χ4v) is 7.32. The maximum Gasteiger partial charge on any atom is 0.0517 e. The van der Waals surface area contributed by atoms with Gasteiger partial charge in [0.2, 0.25) is 0 Å². The van der Waals surface area contributed by atoms with Gasteiger partial charge in [-0.25, -0.2) is 0 Å². The summed E-state index contributed by atoms with van der Waals surface area (Å²) in [4.78, 5) is 4.91. The number of allylic oxidation sites excluding steroid dienone is 4. The third-order valence-corrected chi connectivity index (χ3v) is 9.52. The van der Waals surface area contributed by atoms with Gasteiger partial charge in [0.25, 0.3) is 0 Å². The second-order valence-electron chi connectivity index (χ2n) is 13.4. The number of nitrogens with zero attached hydrogens (tertiary/aromatic N) is 2. The maximum absolute atomic E-state index is 2.46. The third-order valence-electron chi connectivity index (χ3n) is 9.52. The molecule has 0 spiro atoms. The number of hydrogen-bond acceptors (Lipinski definition) is 2. The van der Waals surface area contributed by atoms with Crippen molar-refractivity contribution in [3.63, 3.8) is 0 Å². The summed E-state index contributed by atoms with van der Waals surface area (Å²) >= 11 is 0. The van der Waals surface area contributed by atoms with E-state index in [0.717, 1.165) is 22.7 Å². The third kappa shape index (κ3) is 4.82. The van der Waals surface area contributed by atoms with E-state index >= 15 is 0 Å². The van der Waals surface area contributed by atoms with Gasteiger partial charge >= 0.3 is 0 Å². The Morgan fingerprint density at radius 1 is 0.522 bits per heavy atom. The van der Waals surface area contributed by atoms with Crippen LogP contribution in [0.1, 0.15) is 48.9 Å². The molecule has 224 valence electrons. The molecule has 5 aromatic carbocycles. The van der Waals surface area contributed by atoms with Gasteiger partial charge in [0.05, 0.1) is 5.70 Å². The first kappa shape index (κ1) is 28.2. The van der Waals surface area contributed by atoms with Crippen molar-refractivity contribution in [1.29, 1.82) is 0 Å². The molecule has 2 heteroatoms. The molecular formula is C44H38N2. The van der Waals surface area contributed by atoms with Crippen LogP contribution in [-0.4, -0.2) is 0 Å². The minimum atomic E-state index is 0.0673. The largest absolute Gasteiger partial charge is 0.314 e. The summed E-state index contributed by atoms with van der Waals surface area (Å²) in [6.07, 6.45) is 12.0. The molecule has 0 aromatic heterocycles. The highest BCUT2D eigenvalue weighted by molar-refractivity contribution is 5.82. The van der Waals surface area contributed by atoms with Crippen LogP contribution in [0.15, 0.2) is 169 Å². The molecule has 0 radical (unpaired) electrons. The second-order valence-corrected chi connectivity index (χ2v) is 13.4. The molecule has 46 heavy (non-hydrogen) atoms. The molecule has 2 atom stereocenters. The molecular weight excluding hydrogens is 556 g/mol. The lowest BCUT2D eigenvalue weighted by Crippen LogP contribution is -2.35. The Kier molecular flexibility index (Phi) is 6.87. The number of benzene rings is 5. The van der Waals surface area contributed by atoms with Crippen molar-refractivity contribution in [3.8, 4) is 0 Å². The molecule has 2 unspecified atom stereocenters. The average Bonchev–Trinajstić information content (AvgIpc) is 3.09. The topological polar surface area (TPSA) is 6.48 Å². The monoisotopic (exact) mass is 594 g/mol. The summed E-state index contributed by atoms with van der Waals surface area (Å²) in [5, 5.41) is 0. The van der Waals surface area contributed by atoms with Gasteiger partial charge in [-0.15, -0.1) is 0 Å². The Morgan fingerprint density at radius 2 is 0.978 bits per heavy atom. The lowest BCUT2D eigenvalue weighted by molar-refractivity contribution is 0.583. The smallest absolute Gasteiger partial charge is 0.0517 e. The van der Waals surface area contributed by atoms with Crippen LogP contribution in [0.5, 0.6) is 0 Å². The van der Waals surface area contributed by atoms with E-state index in [1.165, 1.54) is 39.2 Å². The number of anilines is 4. The van der Waals surface area contributed by atoms with E-state index in [2.05, 4.69) is 194 Å². The first-order chi connectivity index (χ1) is 22.5. The summed E-state index contributed by atoms with van der Waals surface area (Å²) in [6.45, 7) is 6.93. The van der Waals surface area contributed by atoms with Gasteiger partial charge in [-0.1, -0.05) is 130 Å². The Bertz CT molecular complexity index is 1930. The van der Waals surface area contributed by atoms with E-state index in [4.69, 9.17) is 0 Å². The van der Waals surface area contributed by atoms with Gasteiger partial charge in [0.15, 0.2) is 0 Å². The van der Waals surface area contributed by atoms with Crippen molar-refractivity contribution >= 4 is 34.9 Å². The van der Waals surface area contributed by atoms with Crippen LogP contribution in [0.25, 0.3) is 12.2 Å². The van der Waals surface area contributed by atoms with Crippen LogP contribution in [0, 0.1) is 5.92 Å².